The Balaban J connectivity index is 1.83. The Bertz CT molecular complexity index is 676. The summed E-state index contributed by atoms with van der Waals surface area (Å²) < 4.78 is 0. The molecule has 0 saturated carbocycles. The molecule has 0 aliphatic carbocycles. The Labute approximate surface area is 132 Å². The van der Waals surface area contributed by atoms with Crippen LogP contribution in [0.2, 0.25) is 0 Å². The molecular weight excluding hydrogens is 272 g/mol. The Kier molecular flexibility index (Phi) is 3.88. The van der Waals surface area contributed by atoms with Crippen molar-refractivity contribution >= 4 is 23.0 Å². The van der Waals surface area contributed by atoms with Gasteiger partial charge in [-0.15, -0.1) is 0 Å². The first kappa shape index (κ1) is 14.6. The van der Waals surface area contributed by atoms with Gasteiger partial charge < -0.3 is 10.2 Å². The van der Waals surface area contributed by atoms with Crippen molar-refractivity contribution in [2.45, 2.75) is 33.2 Å². The predicted molar refractivity (Wildman–Crippen MR) is 91.7 cm³/mol. The first-order chi connectivity index (χ1) is 10.6. The van der Waals surface area contributed by atoms with Crippen molar-refractivity contribution in [1.29, 1.82) is 0 Å². The number of hydrogen-bond acceptors (Lipinski definition) is 2. The van der Waals surface area contributed by atoms with Crippen molar-refractivity contribution < 1.29 is 4.79 Å². The van der Waals surface area contributed by atoms with Crippen molar-refractivity contribution in [3.8, 4) is 0 Å². The lowest BCUT2D eigenvalue weighted by Gasteiger charge is -2.25. The molecule has 2 aromatic rings. The standard InChI is InChI=1S/C19H22N2O/c1-13(2)19(22)20-16-8-10-17(11-9-16)21-14(3)12-15-6-4-5-7-18(15)21/h4-11,13-14H,12H2,1-3H3,(H,20,22). The lowest BCUT2D eigenvalue weighted by atomic mass is 10.1. The quantitative estimate of drug-likeness (QED) is 0.912. The van der Waals surface area contributed by atoms with E-state index in [9.17, 15) is 4.79 Å². The molecule has 1 N–H and O–H groups in total. The van der Waals surface area contributed by atoms with Crippen LogP contribution in [0.5, 0.6) is 0 Å². The first-order valence-electron chi connectivity index (χ1n) is 7.84. The van der Waals surface area contributed by atoms with Crippen LogP contribution in [0.1, 0.15) is 26.3 Å². The van der Waals surface area contributed by atoms with Gasteiger partial charge in [-0.1, -0.05) is 32.0 Å². The lowest BCUT2D eigenvalue weighted by molar-refractivity contribution is -0.118. The van der Waals surface area contributed by atoms with Gasteiger partial charge in [-0.25, -0.2) is 0 Å². The van der Waals surface area contributed by atoms with Gasteiger partial charge >= 0.3 is 0 Å². The third-order valence-corrected chi connectivity index (χ3v) is 4.14. The van der Waals surface area contributed by atoms with E-state index in [1.807, 2.05) is 26.0 Å². The molecule has 1 aliphatic heterocycles. The van der Waals surface area contributed by atoms with Gasteiger partial charge in [-0.3, -0.25) is 4.79 Å². The summed E-state index contributed by atoms with van der Waals surface area (Å²) in [6.45, 7) is 6.04. The zero-order valence-electron chi connectivity index (χ0n) is 13.3. The molecule has 22 heavy (non-hydrogen) atoms. The van der Waals surface area contributed by atoms with Crippen molar-refractivity contribution in [3.05, 3.63) is 54.1 Å². The van der Waals surface area contributed by atoms with E-state index >= 15 is 0 Å². The summed E-state index contributed by atoms with van der Waals surface area (Å²) in [5.74, 6) is 0.0396. The fourth-order valence-corrected chi connectivity index (χ4v) is 2.95. The number of carbonyl (C=O) groups is 1. The van der Waals surface area contributed by atoms with Crippen LogP contribution < -0.4 is 10.2 Å². The van der Waals surface area contributed by atoms with Gasteiger partial charge in [0, 0.05) is 29.0 Å². The Morgan fingerprint density at radius 3 is 2.50 bits per heavy atom. The van der Waals surface area contributed by atoms with Crippen molar-refractivity contribution in [2.24, 2.45) is 5.92 Å². The van der Waals surface area contributed by atoms with Gasteiger partial charge in [0.15, 0.2) is 0 Å². The fourth-order valence-electron chi connectivity index (χ4n) is 2.95. The summed E-state index contributed by atoms with van der Waals surface area (Å²) in [5.41, 5.74) is 4.70. The Morgan fingerprint density at radius 1 is 1.14 bits per heavy atom. The zero-order chi connectivity index (χ0) is 15.7. The molecule has 0 bridgehead atoms. The minimum absolute atomic E-state index is 0.00911. The molecule has 3 nitrogen and oxygen atoms in total. The van der Waals surface area contributed by atoms with Gasteiger partial charge in [-0.2, -0.15) is 0 Å². The molecule has 0 saturated heterocycles. The SMILES string of the molecule is CC(C)C(=O)Nc1ccc(N2c3ccccc3CC2C)cc1. The molecule has 3 rings (SSSR count). The average Bonchev–Trinajstić information content (AvgIpc) is 2.84. The van der Waals surface area contributed by atoms with Crippen LogP contribution in [-0.2, 0) is 11.2 Å². The maximum absolute atomic E-state index is 11.7. The van der Waals surface area contributed by atoms with E-state index < -0.39 is 0 Å². The van der Waals surface area contributed by atoms with Crippen LogP contribution in [0.15, 0.2) is 48.5 Å². The molecule has 0 spiro atoms. The molecule has 1 unspecified atom stereocenters. The van der Waals surface area contributed by atoms with Crippen LogP contribution >= 0.6 is 0 Å². The number of hydrogen-bond donors (Lipinski definition) is 1. The number of carbonyl (C=O) groups excluding carboxylic acids is 1. The molecule has 1 aliphatic rings. The second kappa shape index (κ2) is 5.84. The van der Waals surface area contributed by atoms with E-state index in [0.717, 1.165) is 12.1 Å². The topological polar surface area (TPSA) is 32.3 Å². The van der Waals surface area contributed by atoms with Gasteiger partial charge in [-0.05, 0) is 49.2 Å². The number of nitrogens with zero attached hydrogens (tertiary/aromatic N) is 1. The molecule has 0 radical (unpaired) electrons. The molecular formula is C19H22N2O. The summed E-state index contributed by atoms with van der Waals surface area (Å²) in [7, 11) is 0. The summed E-state index contributed by atoms with van der Waals surface area (Å²) in [4.78, 5) is 14.1. The monoisotopic (exact) mass is 294 g/mol. The molecule has 0 aromatic heterocycles. The number of anilines is 3. The maximum Gasteiger partial charge on any atom is 0.226 e. The minimum Gasteiger partial charge on any atom is -0.338 e. The number of fused-ring (bicyclic) bond motifs is 1. The highest BCUT2D eigenvalue weighted by molar-refractivity contribution is 5.92. The molecule has 0 fully saturated rings. The van der Waals surface area contributed by atoms with Crippen LogP contribution in [-0.4, -0.2) is 11.9 Å². The highest BCUT2D eigenvalue weighted by Gasteiger charge is 2.26. The number of rotatable bonds is 3. The van der Waals surface area contributed by atoms with E-state index in [2.05, 4.69) is 53.5 Å². The van der Waals surface area contributed by atoms with E-state index in [1.54, 1.807) is 0 Å². The summed E-state index contributed by atoms with van der Waals surface area (Å²) in [6.07, 6.45) is 1.07. The summed E-state index contributed by atoms with van der Waals surface area (Å²) in [5, 5.41) is 2.93. The minimum atomic E-state index is -0.00911. The van der Waals surface area contributed by atoms with E-state index in [4.69, 9.17) is 0 Å². The molecule has 1 heterocycles. The Morgan fingerprint density at radius 2 is 1.82 bits per heavy atom. The van der Waals surface area contributed by atoms with Crippen molar-refractivity contribution in [2.75, 3.05) is 10.2 Å². The predicted octanol–water partition coefficient (Wildman–Crippen LogP) is 4.36. The van der Waals surface area contributed by atoms with Crippen molar-refractivity contribution in [1.82, 2.24) is 0 Å². The molecule has 1 atom stereocenters. The molecule has 2 aromatic carbocycles. The number of para-hydroxylation sites is 1. The second-order valence-electron chi connectivity index (χ2n) is 6.24. The maximum atomic E-state index is 11.7. The smallest absolute Gasteiger partial charge is 0.226 e. The van der Waals surface area contributed by atoms with Crippen LogP contribution in [0.25, 0.3) is 0 Å². The van der Waals surface area contributed by atoms with Gasteiger partial charge in [0.05, 0.1) is 0 Å². The van der Waals surface area contributed by atoms with E-state index in [1.165, 1.54) is 16.9 Å². The largest absolute Gasteiger partial charge is 0.338 e. The first-order valence-corrected chi connectivity index (χ1v) is 7.84. The molecule has 1 amide bonds. The highest BCUT2D eigenvalue weighted by atomic mass is 16.1. The van der Waals surface area contributed by atoms with Gasteiger partial charge in [0.25, 0.3) is 0 Å². The van der Waals surface area contributed by atoms with Gasteiger partial charge in [0.1, 0.15) is 0 Å². The van der Waals surface area contributed by atoms with Crippen LogP contribution in [0.3, 0.4) is 0 Å². The Hall–Kier alpha value is -2.29. The fraction of sp³-hybridized carbons (Fsp3) is 0.316. The van der Waals surface area contributed by atoms with E-state index in [-0.39, 0.29) is 11.8 Å². The van der Waals surface area contributed by atoms with Crippen LogP contribution in [0, 0.1) is 5.92 Å². The third kappa shape index (κ3) is 2.71. The third-order valence-electron chi connectivity index (χ3n) is 4.14. The normalized spacial score (nSPS) is 16.7. The number of nitrogens with one attached hydrogen (secondary N) is 1. The lowest BCUT2D eigenvalue weighted by Crippen LogP contribution is -2.23. The molecule has 3 heteroatoms. The van der Waals surface area contributed by atoms with Crippen LogP contribution in [0.4, 0.5) is 17.1 Å². The number of amides is 1. The molecule has 114 valence electrons. The van der Waals surface area contributed by atoms with Crippen molar-refractivity contribution in [3.63, 3.8) is 0 Å². The van der Waals surface area contributed by atoms with Gasteiger partial charge in [0.2, 0.25) is 5.91 Å². The second-order valence-corrected chi connectivity index (χ2v) is 6.24. The number of benzene rings is 2. The summed E-state index contributed by atoms with van der Waals surface area (Å²) >= 11 is 0. The van der Waals surface area contributed by atoms with E-state index in [0.29, 0.717) is 6.04 Å². The highest BCUT2D eigenvalue weighted by Crippen LogP contribution is 2.38. The summed E-state index contributed by atoms with van der Waals surface area (Å²) in [6, 6.07) is 17.1. The average molecular weight is 294 g/mol. The zero-order valence-corrected chi connectivity index (χ0v) is 13.3.